The lowest BCUT2D eigenvalue weighted by Gasteiger charge is -2.15. The van der Waals surface area contributed by atoms with Gasteiger partial charge in [-0.25, -0.2) is 8.42 Å². The fourth-order valence-electron chi connectivity index (χ4n) is 3.09. The molecule has 0 aliphatic carbocycles. The number of aryl methyl sites for hydroxylation is 2. The van der Waals surface area contributed by atoms with Crippen LogP contribution in [-0.4, -0.2) is 30.7 Å². The number of carbonyl (C=O) groups is 1. The SMILES string of the molecule is Cc1ccc(-c2cc(CC(=O)O)c(C)cc2-c2ccc(S(C)(=O)=O)cc2)cn1. The van der Waals surface area contributed by atoms with Crippen LogP contribution in [0.5, 0.6) is 0 Å². The maximum Gasteiger partial charge on any atom is 0.307 e. The Hall–Kier alpha value is -2.99. The predicted octanol–water partition coefficient (Wildman–Crippen LogP) is 4.06. The van der Waals surface area contributed by atoms with Crippen molar-refractivity contribution in [3.63, 3.8) is 0 Å². The summed E-state index contributed by atoms with van der Waals surface area (Å²) in [6.07, 6.45) is 2.88. The second kappa shape index (κ2) is 7.56. The third kappa shape index (κ3) is 4.28. The van der Waals surface area contributed by atoms with Crippen LogP contribution in [0.15, 0.2) is 59.6 Å². The first-order valence-electron chi connectivity index (χ1n) is 8.74. The van der Waals surface area contributed by atoms with E-state index >= 15 is 0 Å². The maximum atomic E-state index is 11.7. The van der Waals surface area contributed by atoms with Crippen molar-refractivity contribution in [2.24, 2.45) is 0 Å². The van der Waals surface area contributed by atoms with Crippen LogP contribution in [0.2, 0.25) is 0 Å². The highest BCUT2D eigenvalue weighted by atomic mass is 32.2. The van der Waals surface area contributed by atoms with Crippen LogP contribution in [0.3, 0.4) is 0 Å². The van der Waals surface area contributed by atoms with E-state index in [-0.39, 0.29) is 11.3 Å². The van der Waals surface area contributed by atoms with Crippen molar-refractivity contribution in [2.75, 3.05) is 6.26 Å². The average Bonchev–Trinajstić information content (AvgIpc) is 2.63. The summed E-state index contributed by atoms with van der Waals surface area (Å²) in [4.78, 5) is 15.8. The lowest BCUT2D eigenvalue weighted by Crippen LogP contribution is -2.03. The van der Waals surface area contributed by atoms with Crippen molar-refractivity contribution in [2.45, 2.75) is 25.2 Å². The highest BCUT2D eigenvalue weighted by molar-refractivity contribution is 7.90. The number of benzene rings is 2. The zero-order valence-electron chi connectivity index (χ0n) is 15.9. The van der Waals surface area contributed by atoms with Gasteiger partial charge >= 0.3 is 5.97 Å². The second-order valence-electron chi connectivity index (χ2n) is 6.88. The van der Waals surface area contributed by atoms with Gasteiger partial charge in [-0.05, 0) is 65.9 Å². The molecule has 0 bridgehead atoms. The normalized spacial score (nSPS) is 11.4. The number of aliphatic carboxylic acids is 1. The fraction of sp³-hybridized carbons (Fsp3) is 0.182. The van der Waals surface area contributed by atoms with E-state index in [4.69, 9.17) is 0 Å². The van der Waals surface area contributed by atoms with E-state index in [1.165, 1.54) is 6.26 Å². The minimum absolute atomic E-state index is 0.0641. The zero-order valence-corrected chi connectivity index (χ0v) is 16.7. The van der Waals surface area contributed by atoms with Crippen molar-refractivity contribution < 1.29 is 18.3 Å². The molecule has 2 aromatic carbocycles. The highest BCUT2D eigenvalue weighted by Crippen LogP contribution is 2.35. The number of hydrogen-bond donors (Lipinski definition) is 1. The zero-order chi connectivity index (χ0) is 20.5. The molecular weight excluding hydrogens is 374 g/mol. The third-order valence-electron chi connectivity index (χ3n) is 4.63. The monoisotopic (exact) mass is 395 g/mol. The number of pyridine rings is 1. The molecule has 1 N–H and O–H groups in total. The van der Waals surface area contributed by atoms with Gasteiger partial charge in [0.25, 0.3) is 0 Å². The van der Waals surface area contributed by atoms with E-state index in [0.29, 0.717) is 0 Å². The molecule has 3 rings (SSSR count). The van der Waals surface area contributed by atoms with Crippen LogP contribution in [0.1, 0.15) is 16.8 Å². The van der Waals surface area contributed by atoms with Crippen molar-refractivity contribution in [1.82, 2.24) is 4.98 Å². The van der Waals surface area contributed by atoms with Gasteiger partial charge in [-0.2, -0.15) is 0 Å². The van der Waals surface area contributed by atoms with Crippen molar-refractivity contribution in [3.8, 4) is 22.3 Å². The smallest absolute Gasteiger partial charge is 0.307 e. The molecule has 6 heteroatoms. The summed E-state index contributed by atoms with van der Waals surface area (Å²) in [7, 11) is -3.27. The molecule has 1 heterocycles. The molecule has 0 spiro atoms. The first kappa shape index (κ1) is 19.8. The van der Waals surface area contributed by atoms with E-state index in [2.05, 4.69) is 4.98 Å². The molecule has 0 saturated heterocycles. The topological polar surface area (TPSA) is 84.3 Å². The Morgan fingerprint density at radius 2 is 1.57 bits per heavy atom. The largest absolute Gasteiger partial charge is 0.481 e. The van der Waals surface area contributed by atoms with Crippen LogP contribution < -0.4 is 0 Å². The van der Waals surface area contributed by atoms with Gasteiger partial charge in [0.2, 0.25) is 0 Å². The summed E-state index contributed by atoms with van der Waals surface area (Å²) >= 11 is 0. The minimum atomic E-state index is -3.27. The molecule has 0 amide bonds. The Morgan fingerprint density at radius 3 is 2.11 bits per heavy atom. The number of carboxylic acid groups (broad SMARTS) is 1. The molecule has 0 fully saturated rings. The quantitative estimate of drug-likeness (QED) is 0.704. The predicted molar refractivity (Wildman–Crippen MR) is 109 cm³/mol. The summed E-state index contributed by atoms with van der Waals surface area (Å²) in [6.45, 7) is 3.78. The van der Waals surface area contributed by atoms with Crippen LogP contribution in [-0.2, 0) is 21.1 Å². The molecule has 0 saturated carbocycles. The number of rotatable bonds is 5. The molecule has 0 radical (unpaired) electrons. The van der Waals surface area contributed by atoms with E-state index in [0.717, 1.165) is 39.1 Å². The molecule has 3 aromatic rings. The maximum absolute atomic E-state index is 11.7. The van der Waals surface area contributed by atoms with Crippen LogP contribution >= 0.6 is 0 Å². The number of aromatic nitrogens is 1. The van der Waals surface area contributed by atoms with Gasteiger partial charge in [0.05, 0.1) is 11.3 Å². The van der Waals surface area contributed by atoms with Crippen molar-refractivity contribution >= 4 is 15.8 Å². The Balaban J connectivity index is 2.20. The van der Waals surface area contributed by atoms with Gasteiger partial charge in [-0.1, -0.05) is 24.3 Å². The summed E-state index contributed by atoms with van der Waals surface area (Å²) in [5, 5.41) is 9.21. The lowest BCUT2D eigenvalue weighted by atomic mass is 9.90. The number of hydrogen-bond acceptors (Lipinski definition) is 4. The van der Waals surface area contributed by atoms with Gasteiger partial charge < -0.3 is 5.11 Å². The Labute approximate surface area is 164 Å². The van der Waals surface area contributed by atoms with Crippen LogP contribution in [0.4, 0.5) is 0 Å². The van der Waals surface area contributed by atoms with Gasteiger partial charge in [-0.3, -0.25) is 9.78 Å². The van der Waals surface area contributed by atoms with Crippen molar-refractivity contribution in [3.05, 3.63) is 71.5 Å². The molecular formula is C22H21NO4S. The standard InChI is InChI=1S/C22H21NO4S/c1-14-10-20(16-6-8-19(9-7-16)28(3,26)27)21(11-18(14)12-22(24)25)17-5-4-15(2)23-13-17/h4-11,13H,12H2,1-3H3,(H,24,25). The first-order valence-corrected chi connectivity index (χ1v) is 10.6. The van der Waals surface area contributed by atoms with Gasteiger partial charge in [0.1, 0.15) is 0 Å². The van der Waals surface area contributed by atoms with Gasteiger partial charge in [0, 0.05) is 23.7 Å². The summed E-state index contributed by atoms with van der Waals surface area (Å²) < 4.78 is 23.5. The highest BCUT2D eigenvalue weighted by Gasteiger charge is 2.15. The average molecular weight is 395 g/mol. The van der Waals surface area contributed by atoms with E-state index in [1.807, 2.05) is 38.1 Å². The van der Waals surface area contributed by atoms with Crippen molar-refractivity contribution in [1.29, 1.82) is 0 Å². The number of nitrogens with zero attached hydrogens (tertiary/aromatic N) is 1. The molecule has 0 aliphatic heterocycles. The van der Waals surface area contributed by atoms with Gasteiger partial charge in [-0.15, -0.1) is 0 Å². The van der Waals surface area contributed by atoms with E-state index < -0.39 is 15.8 Å². The Kier molecular flexibility index (Phi) is 5.34. The third-order valence-corrected chi connectivity index (χ3v) is 5.76. The number of sulfone groups is 1. The summed E-state index contributed by atoms with van der Waals surface area (Å²) in [5.41, 5.74) is 5.99. The summed E-state index contributed by atoms with van der Waals surface area (Å²) in [6, 6.07) is 14.4. The molecule has 0 unspecified atom stereocenters. The minimum Gasteiger partial charge on any atom is -0.481 e. The Bertz CT molecular complexity index is 1130. The second-order valence-corrected chi connectivity index (χ2v) is 8.90. The molecule has 5 nitrogen and oxygen atoms in total. The number of carboxylic acids is 1. The van der Waals surface area contributed by atoms with Crippen LogP contribution in [0, 0.1) is 13.8 Å². The molecule has 28 heavy (non-hydrogen) atoms. The Morgan fingerprint density at radius 1 is 0.964 bits per heavy atom. The molecule has 0 atom stereocenters. The van der Waals surface area contributed by atoms with E-state index in [1.54, 1.807) is 30.5 Å². The lowest BCUT2D eigenvalue weighted by molar-refractivity contribution is -0.136. The summed E-state index contributed by atoms with van der Waals surface area (Å²) in [5.74, 6) is -0.888. The molecule has 0 aliphatic rings. The molecule has 1 aromatic heterocycles. The van der Waals surface area contributed by atoms with Gasteiger partial charge in [0.15, 0.2) is 9.84 Å². The fourth-order valence-corrected chi connectivity index (χ4v) is 3.72. The van der Waals surface area contributed by atoms with Crippen LogP contribution in [0.25, 0.3) is 22.3 Å². The van der Waals surface area contributed by atoms with E-state index in [9.17, 15) is 18.3 Å². The first-order chi connectivity index (χ1) is 13.1. The molecule has 144 valence electrons.